The molecule has 0 spiro atoms. The first kappa shape index (κ1) is 15.7. The third-order valence-electron chi connectivity index (χ3n) is 5.49. The summed E-state index contributed by atoms with van der Waals surface area (Å²) in [7, 11) is 0. The van der Waals surface area contributed by atoms with E-state index in [4.69, 9.17) is 0 Å². The van der Waals surface area contributed by atoms with E-state index >= 15 is 0 Å². The van der Waals surface area contributed by atoms with Crippen LogP contribution in [0, 0.1) is 34.1 Å². The Hall–Kier alpha value is -2.76. The zero-order valence-corrected chi connectivity index (χ0v) is 14.1. The summed E-state index contributed by atoms with van der Waals surface area (Å²) >= 11 is 0. The number of rotatable bonds is 2. The Morgan fingerprint density at radius 1 is 0.800 bits per heavy atom. The average Bonchev–Trinajstić information content (AvgIpc) is 2.52. The topological polar surface area (TPSA) is 86.3 Å². The molecule has 25 heavy (non-hydrogen) atoms. The molecule has 0 radical (unpaired) electrons. The fourth-order valence-corrected chi connectivity index (χ4v) is 4.77. The summed E-state index contributed by atoms with van der Waals surface area (Å²) in [5, 5.41) is 23.1. The SMILES string of the molecule is Cc1cc2c(c([N+](=O)[O-])c1)C1Cc3cc(C)cc([N+](=O)[O-])c3C(C2)C1. The molecule has 0 amide bonds. The van der Waals surface area contributed by atoms with Gasteiger partial charge in [-0.3, -0.25) is 20.2 Å². The Labute approximate surface area is 144 Å². The predicted octanol–water partition coefficient (Wildman–Crippen LogP) is 4.49. The molecule has 0 heterocycles. The number of hydrogen-bond acceptors (Lipinski definition) is 4. The lowest BCUT2D eigenvalue weighted by molar-refractivity contribution is -0.386. The van der Waals surface area contributed by atoms with Crippen LogP contribution in [0.25, 0.3) is 0 Å². The van der Waals surface area contributed by atoms with Crippen LogP contribution in [-0.4, -0.2) is 9.85 Å². The van der Waals surface area contributed by atoms with Crippen molar-refractivity contribution in [3.8, 4) is 0 Å². The summed E-state index contributed by atoms with van der Waals surface area (Å²) in [5.41, 5.74) is 5.76. The van der Waals surface area contributed by atoms with Gasteiger partial charge in [-0.05, 0) is 67.2 Å². The summed E-state index contributed by atoms with van der Waals surface area (Å²) in [6, 6.07) is 7.31. The maximum absolute atomic E-state index is 11.5. The van der Waals surface area contributed by atoms with Gasteiger partial charge >= 0.3 is 0 Å². The van der Waals surface area contributed by atoms with E-state index in [1.54, 1.807) is 12.1 Å². The second-order valence-electron chi connectivity index (χ2n) is 7.27. The standard InChI is InChI=1S/C19H18N2O4/c1-10-3-12-7-14-9-15(18(12)16(5-10)20(22)23)8-13-4-11(2)6-17(19(13)14)21(24)25/h3-6,14-15H,7-9H2,1-2H3. The number of nitro groups is 2. The Bertz CT molecular complexity index is 860. The third-order valence-corrected chi connectivity index (χ3v) is 5.49. The zero-order valence-electron chi connectivity index (χ0n) is 14.1. The second-order valence-corrected chi connectivity index (χ2v) is 7.27. The van der Waals surface area contributed by atoms with Crippen LogP contribution in [0.1, 0.15) is 51.6 Å². The van der Waals surface area contributed by atoms with E-state index in [1.807, 2.05) is 26.0 Å². The summed E-state index contributed by atoms with van der Waals surface area (Å²) in [6.45, 7) is 3.72. The minimum atomic E-state index is -0.291. The molecule has 0 aromatic heterocycles. The monoisotopic (exact) mass is 338 g/mol. The van der Waals surface area contributed by atoms with Gasteiger partial charge in [0.1, 0.15) is 0 Å². The van der Waals surface area contributed by atoms with Gasteiger partial charge < -0.3 is 0 Å². The molecule has 2 bridgehead atoms. The van der Waals surface area contributed by atoms with Crippen LogP contribution in [0.4, 0.5) is 11.4 Å². The molecule has 0 aliphatic heterocycles. The van der Waals surface area contributed by atoms with E-state index in [1.165, 1.54) is 0 Å². The van der Waals surface area contributed by atoms with E-state index in [0.717, 1.165) is 39.8 Å². The van der Waals surface area contributed by atoms with Gasteiger partial charge in [0.25, 0.3) is 11.4 Å². The van der Waals surface area contributed by atoms with Crippen LogP contribution >= 0.6 is 0 Å². The van der Waals surface area contributed by atoms with E-state index in [2.05, 4.69) is 0 Å². The number of nitro benzene ring substituents is 2. The maximum Gasteiger partial charge on any atom is 0.273 e. The molecule has 0 N–H and O–H groups in total. The number of nitrogens with zero attached hydrogens (tertiary/aromatic N) is 2. The molecule has 0 fully saturated rings. The molecule has 0 saturated heterocycles. The van der Waals surface area contributed by atoms with Crippen LogP contribution in [0.15, 0.2) is 24.3 Å². The minimum Gasteiger partial charge on any atom is -0.258 e. The lowest BCUT2D eigenvalue weighted by Crippen LogP contribution is -2.27. The number of hydrogen-bond donors (Lipinski definition) is 0. The first-order valence-corrected chi connectivity index (χ1v) is 8.40. The van der Waals surface area contributed by atoms with Gasteiger partial charge in [-0.1, -0.05) is 12.1 Å². The highest BCUT2D eigenvalue weighted by Crippen LogP contribution is 2.52. The van der Waals surface area contributed by atoms with E-state index in [9.17, 15) is 20.2 Å². The fraction of sp³-hybridized carbons (Fsp3) is 0.368. The van der Waals surface area contributed by atoms with Gasteiger partial charge in [0.05, 0.1) is 9.85 Å². The Morgan fingerprint density at radius 2 is 1.20 bits per heavy atom. The van der Waals surface area contributed by atoms with Crippen molar-refractivity contribution in [3.63, 3.8) is 0 Å². The molecule has 2 unspecified atom stereocenters. The molecular formula is C19H18N2O4. The maximum atomic E-state index is 11.5. The van der Waals surface area contributed by atoms with Gasteiger partial charge in [-0.2, -0.15) is 0 Å². The molecule has 2 aromatic rings. The quantitative estimate of drug-likeness (QED) is 0.596. The Balaban J connectivity index is 1.91. The second kappa shape index (κ2) is 5.37. The van der Waals surface area contributed by atoms with Gasteiger partial charge in [-0.25, -0.2) is 0 Å². The summed E-state index contributed by atoms with van der Waals surface area (Å²) in [5.74, 6) is 0.118. The summed E-state index contributed by atoms with van der Waals surface area (Å²) < 4.78 is 0. The molecule has 6 heteroatoms. The summed E-state index contributed by atoms with van der Waals surface area (Å²) in [6.07, 6.45) is 2.00. The highest BCUT2D eigenvalue weighted by Gasteiger charge is 2.41. The van der Waals surface area contributed by atoms with Crippen molar-refractivity contribution in [1.29, 1.82) is 0 Å². The Kier molecular flexibility index (Phi) is 3.39. The molecule has 4 rings (SSSR count). The van der Waals surface area contributed by atoms with Crippen molar-refractivity contribution < 1.29 is 9.85 Å². The minimum absolute atomic E-state index is 0.0589. The van der Waals surface area contributed by atoms with Crippen LogP contribution in [0.3, 0.4) is 0 Å². The van der Waals surface area contributed by atoms with Crippen molar-refractivity contribution >= 4 is 11.4 Å². The highest BCUT2D eigenvalue weighted by molar-refractivity contribution is 5.59. The van der Waals surface area contributed by atoms with Crippen LogP contribution < -0.4 is 0 Å². The molecule has 6 nitrogen and oxygen atoms in total. The zero-order chi connectivity index (χ0) is 17.9. The van der Waals surface area contributed by atoms with E-state index in [0.29, 0.717) is 12.8 Å². The van der Waals surface area contributed by atoms with Crippen molar-refractivity contribution in [1.82, 2.24) is 0 Å². The van der Waals surface area contributed by atoms with Crippen molar-refractivity contribution in [2.24, 2.45) is 0 Å². The molecular weight excluding hydrogens is 320 g/mol. The van der Waals surface area contributed by atoms with Gasteiger partial charge in [-0.15, -0.1) is 0 Å². The first-order valence-electron chi connectivity index (χ1n) is 8.40. The van der Waals surface area contributed by atoms with Gasteiger partial charge in [0.15, 0.2) is 0 Å². The lowest BCUT2D eigenvalue weighted by atomic mass is 9.65. The van der Waals surface area contributed by atoms with E-state index < -0.39 is 0 Å². The number of benzene rings is 2. The molecule has 0 saturated carbocycles. The highest BCUT2D eigenvalue weighted by atomic mass is 16.6. The first-order chi connectivity index (χ1) is 11.8. The summed E-state index contributed by atoms with van der Waals surface area (Å²) in [4.78, 5) is 22.5. The molecule has 2 aliphatic rings. The van der Waals surface area contributed by atoms with Crippen LogP contribution in [0.5, 0.6) is 0 Å². The van der Waals surface area contributed by atoms with E-state index in [-0.39, 0.29) is 33.1 Å². The normalized spacial score (nSPS) is 20.6. The van der Waals surface area contributed by atoms with Gasteiger partial charge in [0.2, 0.25) is 0 Å². The van der Waals surface area contributed by atoms with Gasteiger partial charge in [0, 0.05) is 23.3 Å². The molecule has 2 atom stereocenters. The van der Waals surface area contributed by atoms with Crippen molar-refractivity contribution in [2.45, 2.75) is 44.9 Å². The smallest absolute Gasteiger partial charge is 0.258 e. The number of aryl methyl sites for hydroxylation is 2. The largest absolute Gasteiger partial charge is 0.273 e. The van der Waals surface area contributed by atoms with Crippen LogP contribution in [-0.2, 0) is 12.8 Å². The molecule has 128 valence electrons. The predicted molar refractivity (Wildman–Crippen MR) is 93.2 cm³/mol. The lowest BCUT2D eigenvalue weighted by Gasteiger charge is -2.37. The van der Waals surface area contributed by atoms with Crippen molar-refractivity contribution in [3.05, 3.63) is 77.9 Å². The van der Waals surface area contributed by atoms with Crippen LogP contribution in [0.2, 0.25) is 0 Å². The Morgan fingerprint density at radius 3 is 1.56 bits per heavy atom. The number of fused-ring (bicyclic) bond motifs is 6. The molecule has 2 aromatic carbocycles. The van der Waals surface area contributed by atoms with Crippen molar-refractivity contribution in [2.75, 3.05) is 0 Å². The molecule has 2 aliphatic carbocycles. The fourth-order valence-electron chi connectivity index (χ4n) is 4.77. The average molecular weight is 338 g/mol. The third kappa shape index (κ3) is 2.40.